The number of nitrogens with one attached hydrogen (secondary N) is 2. The topological polar surface area (TPSA) is 72.5 Å². The lowest BCUT2D eigenvalue weighted by Crippen LogP contribution is -2.23. The average Bonchev–Trinajstić information content (AvgIpc) is 3.25. The second-order valence-electron chi connectivity index (χ2n) is 7.06. The Labute approximate surface area is 166 Å². The molecule has 28 heavy (non-hydrogen) atoms. The van der Waals surface area contributed by atoms with Crippen molar-refractivity contribution in [3.63, 3.8) is 0 Å². The Bertz CT molecular complexity index is 743. The fourth-order valence-electron chi connectivity index (χ4n) is 3.16. The molecular weight excluding hydrogens is 354 g/mol. The zero-order chi connectivity index (χ0) is 19.6. The van der Waals surface area contributed by atoms with E-state index in [1.807, 2.05) is 36.4 Å². The minimum absolute atomic E-state index is 0.0686. The van der Waals surface area contributed by atoms with Gasteiger partial charge in [0.05, 0.1) is 6.61 Å². The van der Waals surface area contributed by atoms with Crippen molar-refractivity contribution in [1.29, 1.82) is 0 Å². The fourth-order valence-corrected chi connectivity index (χ4v) is 3.16. The van der Waals surface area contributed by atoms with Crippen LogP contribution in [0.25, 0.3) is 0 Å². The number of amides is 1. The van der Waals surface area contributed by atoms with Gasteiger partial charge in [-0.05, 0) is 68.6 Å². The van der Waals surface area contributed by atoms with Gasteiger partial charge in [-0.3, -0.25) is 4.79 Å². The van der Waals surface area contributed by atoms with Gasteiger partial charge in [-0.15, -0.1) is 0 Å². The van der Waals surface area contributed by atoms with Crippen molar-refractivity contribution < 1.29 is 14.3 Å². The molecule has 6 heteroatoms. The third-order valence-corrected chi connectivity index (χ3v) is 4.78. The van der Waals surface area contributed by atoms with Crippen molar-refractivity contribution in [3.8, 4) is 17.4 Å². The molecule has 0 bridgehead atoms. The lowest BCUT2D eigenvalue weighted by molar-refractivity contribution is -0.121. The van der Waals surface area contributed by atoms with E-state index in [2.05, 4.69) is 22.5 Å². The summed E-state index contributed by atoms with van der Waals surface area (Å²) in [5.74, 6) is 2.69. The molecule has 0 aliphatic carbocycles. The molecule has 1 atom stereocenters. The maximum absolute atomic E-state index is 12.2. The number of hydrogen-bond acceptors (Lipinski definition) is 5. The smallest absolute Gasteiger partial charge is 0.224 e. The minimum Gasteiger partial charge on any atom is -0.494 e. The predicted octanol–water partition coefficient (Wildman–Crippen LogP) is 3.67. The van der Waals surface area contributed by atoms with E-state index >= 15 is 0 Å². The molecule has 1 aromatic carbocycles. The molecule has 1 fully saturated rings. The molecule has 1 amide bonds. The van der Waals surface area contributed by atoms with Crippen molar-refractivity contribution in [1.82, 2.24) is 15.6 Å². The molecule has 1 unspecified atom stereocenters. The summed E-state index contributed by atoms with van der Waals surface area (Å²) in [5.41, 5.74) is 0.852. The Morgan fingerprint density at radius 3 is 2.82 bits per heavy atom. The highest BCUT2D eigenvalue weighted by Crippen LogP contribution is 2.25. The van der Waals surface area contributed by atoms with Crippen LogP contribution in [-0.2, 0) is 11.3 Å². The van der Waals surface area contributed by atoms with Gasteiger partial charge in [0.15, 0.2) is 0 Å². The molecule has 0 radical (unpaired) electrons. The molecule has 2 heterocycles. The van der Waals surface area contributed by atoms with Crippen molar-refractivity contribution in [3.05, 3.63) is 48.2 Å². The Kier molecular flexibility index (Phi) is 7.67. The van der Waals surface area contributed by atoms with Crippen LogP contribution in [0.1, 0.15) is 38.2 Å². The molecule has 0 spiro atoms. The molecule has 1 aromatic heterocycles. The first-order valence-corrected chi connectivity index (χ1v) is 10.1. The maximum Gasteiger partial charge on any atom is 0.224 e. The van der Waals surface area contributed by atoms with E-state index in [9.17, 15) is 4.79 Å². The molecule has 0 saturated carbocycles. The van der Waals surface area contributed by atoms with Crippen LogP contribution in [0.2, 0.25) is 0 Å². The number of hydrogen-bond donors (Lipinski definition) is 2. The second kappa shape index (κ2) is 10.7. The summed E-state index contributed by atoms with van der Waals surface area (Å²) in [6.45, 7) is 5.26. The SMILES string of the molecule is CCCOc1ccc(Oc2ncccc2CNC(=O)CCC2CCNC2)cc1. The van der Waals surface area contributed by atoms with Crippen LogP contribution in [0, 0.1) is 5.92 Å². The predicted molar refractivity (Wildman–Crippen MR) is 109 cm³/mol. The number of ether oxygens (including phenoxy) is 2. The van der Waals surface area contributed by atoms with Gasteiger partial charge in [-0.1, -0.05) is 13.0 Å². The number of benzene rings is 1. The Morgan fingerprint density at radius 2 is 2.07 bits per heavy atom. The standard InChI is InChI=1S/C22H29N3O3/c1-2-14-27-19-6-8-20(9-7-19)28-22-18(4-3-12-24-22)16-25-21(26)10-5-17-11-13-23-15-17/h3-4,6-9,12,17,23H,2,5,10-11,13-16H2,1H3,(H,25,26). The first kappa shape index (κ1) is 20.1. The molecule has 150 valence electrons. The number of aromatic nitrogens is 1. The van der Waals surface area contributed by atoms with E-state index in [0.29, 0.717) is 37.1 Å². The van der Waals surface area contributed by atoms with Gasteiger partial charge in [-0.2, -0.15) is 0 Å². The molecule has 1 saturated heterocycles. The molecule has 1 aliphatic rings. The van der Waals surface area contributed by atoms with Gasteiger partial charge in [0.1, 0.15) is 11.5 Å². The lowest BCUT2D eigenvalue weighted by atomic mass is 10.0. The van der Waals surface area contributed by atoms with Gasteiger partial charge in [-0.25, -0.2) is 4.98 Å². The van der Waals surface area contributed by atoms with Gasteiger partial charge in [0.25, 0.3) is 0 Å². The fraction of sp³-hybridized carbons (Fsp3) is 0.455. The van der Waals surface area contributed by atoms with E-state index < -0.39 is 0 Å². The lowest BCUT2D eigenvalue weighted by Gasteiger charge is -2.12. The highest BCUT2D eigenvalue weighted by molar-refractivity contribution is 5.75. The normalized spacial score (nSPS) is 16.0. The third-order valence-electron chi connectivity index (χ3n) is 4.78. The van der Waals surface area contributed by atoms with Crippen LogP contribution < -0.4 is 20.1 Å². The molecule has 2 N–H and O–H groups in total. The Hall–Kier alpha value is -2.60. The summed E-state index contributed by atoms with van der Waals surface area (Å²) in [6.07, 6.45) is 5.31. The first-order chi connectivity index (χ1) is 13.7. The van der Waals surface area contributed by atoms with Crippen molar-refractivity contribution in [2.45, 2.75) is 39.2 Å². The Morgan fingerprint density at radius 1 is 1.25 bits per heavy atom. The van der Waals surface area contributed by atoms with Crippen LogP contribution in [0.3, 0.4) is 0 Å². The van der Waals surface area contributed by atoms with E-state index in [1.54, 1.807) is 6.20 Å². The average molecular weight is 383 g/mol. The number of pyridine rings is 1. The zero-order valence-electron chi connectivity index (χ0n) is 16.4. The van der Waals surface area contributed by atoms with Gasteiger partial charge in [0.2, 0.25) is 11.8 Å². The van der Waals surface area contributed by atoms with Crippen LogP contribution in [0.4, 0.5) is 0 Å². The van der Waals surface area contributed by atoms with E-state index in [4.69, 9.17) is 9.47 Å². The monoisotopic (exact) mass is 383 g/mol. The van der Waals surface area contributed by atoms with Crippen LogP contribution in [0.15, 0.2) is 42.6 Å². The second-order valence-corrected chi connectivity index (χ2v) is 7.06. The number of carbonyl (C=O) groups is 1. The summed E-state index contributed by atoms with van der Waals surface area (Å²) in [7, 11) is 0. The summed E-state index contributed by atoms with van der Waals surface area (Å²) in [4.78, 5) is 16.5. The largest absolute Gasteiger partial charge is 0.494 e. The van der Waals surface area contributed by atoms with Crippen LogP contribution in [0.5, 0.6) is 17.4 Å². The van der Waals surface area contributed by atoms with E-state index in [0.717, 1.165) is 43.7 Å². The first-order valence-electron chi connectivity index (χ1n) is 10.1. The summed E-state index contributed by atoms with van der Waals surface area (Å²) < 4.78 is 11.5. The maximum atomic E-state index is 12.2. The van der Waals surface area contributed by atoms with Gasteiger partial charge >= 0.3 is 0 Å². The molecule has 2 aromatic rings. The van der Waals surface area contributed by atoms with Crippen molar-refractivity contribution in [2.24, 2.45) is 5.92 Å². The molecule has 3 rings (SSSR count). The third kappa shape index (κ3) is 6.23. The summed E-state index contributed by atoms with van der Waals surface area (Å²) >= 11 is 0. The summed E-state index contributed by atoms with van der Waals surface area (Å²) in [5, 5.41) is 6.32. The molecular formula is C22H29N3O3. The van der Waals surface area contributed by atoms with Gasteiger partial charge < -0.3 is 20.1 Å². The number of rotatable bonds is 10. The quantitative estimate of drug-likeness (QED) is 0.655. The van der Waals surface area contributed by atoms with Gasteiger partial charge in [0, 0.05) is 24.7 Å². The van der Waals surface area contributed by atoms with Crippen LogP contribution in [-0.4, -0.2) is 30.6 Å². The highest BCUT2D eigenvalue weighted by atomic mass is 16.5. The van der Waals surface area contributed by atoms with E-state index in [-0.39, 0.29) is 5.91 Å². The Balaban J connectivity index is 1.51. The number of carbonyl (C=O) groups excluding carboxylic acids is 1. The summed E-state index contributed by atoms with van der Waals surface area (Å²) in [6, 6.07) is 11.2. The molecule has 1 aliphatic heterocycles. The van der Waals surface area contributed by atoms with Crippen LogP contribution >= 0.6 is 0 Å². The number of nitrogens with zero attached hydrogens (tertiary/aromatic N) is 1. The van der Waals surface area contributed by atoms with E-state index in [1.165, 1.54) is 0 Å². The zero-order valence-corrected chi connectivity index (χ0v) is 16.4. The molecule has 6 nitrogen and oxygen atoms in total. The van der Waals surface area contributed by atoms with Crippen molar-refractivity contribution in [2.75, 3.05) is 19.7 Å². The minimum atomic E-state index is 0.0686. The van der Waals surface area contributed by atoms with Crippen molar-refractivity contribution >= 4 is 5.91 Å². The highest BCUT2D eigenvalue weighted by Gasteiger charge is 2.16.